The molecule has 2 nitrogen and oxygen atoms in total. The highest BCUT2D eigenvalue weighted by Gasteiger charge is 2.06. The summed E-state index contributed by atoms with van der Waals surface area (Å²) in [6, 6.07) is 12.3. The highest BCUT2D eigenvalue weighted by molar-refractivity contribution is 14.1. The van der Waals surface area contributed by atoms with Gasteiger partial charge in [-0.3, -0.25) is 4.98 Å². The van der Waals surface area contributed by atoms with Crippen LogP contribution in [-0.2, 0) is 0 Å². The van der Waals surface area contributed by atoms with Crippen LogP contribution in [0.25, 0.3) is 21.8 Å². The van der Waals surface area contributed by atoms with Crippen molar-refractivity contribution in [3.8, 4) is 21.8 Å². The molecule has 0 atom stereocenters. The maximum atomic E-state index is 4.67. The van der Waals surface area contributed by atoms with Crippen molar-refractivity contribution in [1.29, 1.82) is 0 Å². The van der Waals surface area contributed by atoms with E-state index in [4.69, 9.17) is 0 Å². The van der Waals surface area contributed by atoms with Gasteiger partial charge in [0.15, 0.2) is 0 Å². The number of nitrogens with zero attached hydrogens (tertiary/aromatic N) is 2. The molecule has 0 aliphatic carbocycles. The molecule has 88 valence electrons. The molecule has 3 aromatic rings. The lowest BCUT2D eigenvalue weighted by molar-refractivity contribution is 1.31. The molecule has 4 heteroatoms. The van der Waals surface area contributed by atoms with E-state index in [-0.39, 0.29) is 0 Å². The van der Waals surface area contributed by atoms with Crippen LogP contribution in [0.15, 0.2) is 54.2 Å². The van der Waals surface area contributed by atoms with E-state index in [1.54, 1.807) is 17.5 Å². The standard InChI is InChI=1S/C14H9IN2S/c15-12-5-1-3-10(7-12)14-17-13(9-18-14)11-4-2-6-16-8-11/h1-9H. The first kappa shape index (κ1) is 11.8. The van der Waals surface area contributed by atoms with E-state index in [1.807, 2.05) is 18.3 Å². The van der Waals surface area contributed by atoms with Crippen molar-refractivity contribution in [3.05, 3.63) is 57.7 Å². The van der Waals surface area contributed by atoms with Crippen LogP contribution < -0.4 is 0 Å². The number of aromatic nitrogens is 2. The maximum Gasteiger partial charge on any atom is 0.124 e. The van der Waals surface area contributed by atoms with Gasteiger partial charge >= 0.3 is 0 Å². The molecule has 0 radical (unpaired) electrons. The topological polar surface area (TPSA) is 25.8 Å². The lowest BCUT2D eigenvalue weighted by atomic mass is 10.2. The van der Waals surface area contributed by atoms with Crippen molar-refractivity contribution in [3.63, 3.8) is 0 Å². The van der Waals surface area contributed by atoms with Crippen molar-refractivity contribution >= 4 is 33.9 Å². The lowest BCUT2D eigenvalue weighted by Gasteiger charge is -1.97. The number of hydrogen-bond acceptors (Lipinski definition) is 3. The summed E-state index contributed by atoms with van der Waals surface area (Å²) in [6.45, 7) is 0. The molecule has 18 heavy (non-hydrogen) atoms. The molecule has 1 aromatic carbocycles. The first-order valence-corrected chi connectivity index (χ1v) is 7.40. The van der Waals surface area contributed by atoms with E-state index in [9.17, 15) is 0 Å². The zero-order valence-electron chi connectivity index (χ0n) is 9.38. The summed E-state index contributed by atoms with van der Waals surface area (Å²) in [5, 5.41) is 3.12. The summed E-state index contributed by atoms with van der Waals surface area (Å²) in [5.41, 5.74) is 3.22. The molecule has 0 N–H and O–H groups in total. The van der Waals surface area contributed by atoms with Crippen LogP contribution in [0, 0.1) is 3.57 Å². The number of pyridine rings is 1. The van der Waals surface area contributed by atoms with Gasteiger partial charge in [0.05, 0.1) is 5.69 Å². The molecule has 0 bridgehead atoms. The lowest BCUT2D eigenvalue weighted by Crippen LogP contribution is -1.81. The van der Waals surface area contributed by atoms with Crippen molar-refractivity contribution in [1.82, 2.24) is 9.97 Å². The molecule has 0 amide bonds. The molecule has 3 rings (SSSR count). The second-order valence-electron chi connectivity index (χ2n) is 3.79. The van der Waals surface area contributed by atoms with Crippen molar-refractivity contribution < 1.29 is 0 Å². The van der Waals surface area contributed by atoms with Crippen molar-refractivity contribution in [2.24, 2.45) is 0 Å². The molecule has 0 fully saturated rings. The quantitative estimate of drug-likeness (QED) is 0.627. The van der Waals surface area contributed by atoms with Crippen LogP contribution in [0.5, 0.6) is 0 Å². The second kappa shape index (κ2) is 5.16. The molecule has 0 unspecified atom stereocenters. The Morgan fingerprint density at radius 3 is 2.72 bits per heavy atom. The summed E-state index contributed by atoms with van der Waals surface area (Å²) >= 11 is 3.98. The molecule has 0 spiro atoms. The van der Waals surface area contributed by atoms with Crippen molar-refractivity contribution in [2.75, 3.05) is 0 Å². The Bertz CT molecular complexity index is 664. The Kier molecular flexibility index (Phi) is 3.38. The fraction of sp³-hybridized carbons (Fsp3) is 0. The minimum absolute atomic E-state index is 0.988. The molecule has 0 aliphatic heterocycles. The van der Waals surface area contributed by atoms with Gasteiger partial charge in [0.2, 0.25) is 0 Å². The zero-order chi connectivity index (χ0) is 12.4. The van der Waals surface area contributed by atoms with Crippen LogP contribution in [0.4, 0.5) is 0 Å². The molecular weight excluding hydrogens is 355 g/mol. The van der Waals surface area contributed by atoms with E-state index < -0.39 is 0 Å². The normalized spacial score (nSPS) is 10.5. The first-order valence-electron chi connectivity index (χ1n) is 5.45. The smallest absolute Gasteiger partial charge is 0.124 e. The average Bonchev–Trinajstić information content (AvgIpc) is 2.89. The minimum atomic E-state index is 0.988. The predicted molar refractivity (Wildman–Crippen MR) is 83.5 cm³/mol. The van der Waals surface area contributed by atoms with Gasteiger partial charge < -0.3 is 0 Å². The number of rotatable bonds is 2. The Morgan fingerprint density at radius 1 is 1.06 bits per heavy atom. The van der Waals surface area contributed by atoms with Gasteiger partial charge in [0.25, 0.3) is 0 Å². The summed E-state index contributed by atoms with van der Waals surface area (Å²) in [6.07, 6.45) is 3.61. The van der Waals surface area contributed by atoms with Crippen LogP contribution >= 0.6 is 33.9 Å². The van der Waals surface area contributed by atoms with E-state index in [2.05, 4.69) is 62.2 Å². The minimum Gasteiger partial charge on any atom is -0.264 e. The second-order valence-corrected chi connectivity index (χ2v) is 5.89. The summed E-state index contributed by atoms with van der Waals surface area (Å²) in [4.78, 5) is 8.79. The Balaban J connectivity index is 2.00. The fourth-order valence-electron chi connectivity index (χ4n) is 1.67. The Hall–Kier alpha value is -1.27. The number of benzene rings is 1. The third kappa shape index (κ3) is 2.44. The van der Waals surface area contributed by atoms with E-state index in [1.165, 1.54) is 9.13 Å². The highest BCUT2D eigenvalue weighted by Crippen LogP contribution is 2.29. The predicted octanol–water partition coefficient (Wildman–Crippen LogP) is 4.48. The Morgan fingerprint density at radius 2 is 1.94 bits per heavy atom. The monoisotopic (exact) mass is 364 g/mol. The largest absolute Gasteiger partial charge is 0.264 e. The number of hydrogen-bond donors (Lipinski definition) is 0. The average molecular weight is 364 g/mol. The molecular formula is C14H9IN2S. The SMILES string of the molecule is Ic1cccc(-c2nc(-c3cccnc3)cs2)c1. The third-order valence-corrected chi connectivity index (χ3v) is 4.10. The fourth-order valence-corrected chi connectivity index (χ4v) is 3.04. The molecule has 0 saturated carbocycles. The van der Waals surface area contributed by atoms with Gasteiger partial charge in [-0.2, -0.15) is 0 Å². The van der Waals surface area contributed by atoms with Gasteiger partial charge in [0, 0.05) is 32.5 Å². The summed E-state index contributed by atoms with van der Waals surface area (Å²) in [5.74, 6) is 0. The van der Waals surface area contributed by atoms with Crippen molar-refractivity contribution in [2.45, 2.75) is 0 Å². The van der Waals surface area contributed by atoms with E-state index >= 15 is 0 Å². The summed E-state index contributed by atoms with van der Waals surface area (Å²) in [7, 11) is 0. The summed E-state index contributed by atoms with van der Waals surface area (Å²) < 4.78 is 1.23. The van der Waals surface area contributed by atoms with Crippen LogP contribution in [0.2, 0.25) is 0 Å². The van der Waals surface area contributed by atoms with Gasteiger partial charge in [-0.25, -0.2) is 4.98 Å². The number of thiazole rings is 1. The van der Waals surface area contributed by atoms with Crippen LogP contribution in [-0.4, -0.2) is 9.97 Å². The molecule has 0 saturated heterocycles. The number of halogens is 1. The molecule has 0 aliphatic rings. The van der Waals surface area contributed by atoms with Gasteiger partial charge in [-0.1, -0.05) is 12.1 Å². The highest BCUT2D eigenvalue weighted by atomic mass is 127. The van der Waals surface area contributed by atoms with Crippen LogP contribution in [0.3, 0.4) is 0 Å². The van der Waals surface area contributed by atoms with E-state index in [0.717, 1.165) is 16.3 Å². The maximum absolute atomic E-state index is 4.67. The van der Waals surface area contributed by atoms with Crippen LogP contribution in [0.1, 0.15) is 0 Å². The molecule has 2 heterocycles. The van der Waals surface area contributed by atoms with Gasteiger partial charge in [-0.05, 0) is 46.9 Å². The zero-order valence-corrected chi connectivity index (χ0v) is 12.4. The first-order chi connectivity index (χ1) is 8.83. The third-order valence-electron chi connectivity index (χ3n) is 2.53. The molecule has 2 aromatic heterocycles. The van der Waals surface area contributed by atoms with E-state index in [0.29, 0.717) is 0 Å². The van der Waals surface area contributed by atoms with Gasteiger partial charge in [0.1, 0.15) is 5.01 Å². The van der Waals surface area contributed by atoms with Gasteiger partial charge in [-0.15, -0.1) is 11.3 Å². The Labute approximate surface area is 123 Å².